The molecule has 1 atom stereocenters. The van der Waals surface area contributed by atoms with E-state index >= 15 is 0 Å². The van der Waals surface area contributed by atoms with Crippen molar-refractivity contribution in [1.29, 1.82) is 0 Å². The molecule has 0 saturated carbocycles. The molecule has 2 aliphatic rings. The number of anilines is 1. The van der Waals surface area contributed by atoms with Crippen molar-refractivity contribution < 1.29 is 14.4 Å². The number of fused-ring (bicyclic) bond motifs is 1. The monoisotopic (exact) mass is 456 g/mol. The molecule has 2 heterocycles. The Hall–Kier alpha value is -3.87. The number of benzene rings is 3. The summed E-state index contributed by atoms with van der Waals surface area (Å²) in [7, 11) is 0. The van der Waals surface area contributed by atoms with Gasteiger partial charge in [0.2, 0.25) is 0 Å². The van der Waals surface area contributed by atoms with Crippen LogP contribution in [0.5, 0.6) is 0 Å². The fourth-order valence-corrected chi connectivity index (χ4v) is 5.01. The van der Waals surface area contributed by atoms with Gasteiger partial charge in [0.1, 0.15) is 5.54 Å². The van der Waals surface area contributed by atoms with Gasteiger partial charge >= 0.3 is 6.03 Å². The van der Waals surface area contributed by atoms with E-state index in [-0.39, 0.29) is 17.7 Å². The summed E-state index contributed by atoms with van der Waals surface area (Å²) in [5.74, 6) is -0.539. The zero-order chi connectivity index (χ0) is 23.9. The van der Waals surface area contributed by atoms with Crippen LogP contribution >= 0.6 is 0 Å². The second kappa shape index (κ2) is 8.48. The number of amides is 4. The molecule has 3 aromatic carbocycles. The minimum atomic E-state index is -1.12. The van der Waals surface area contributed by atoms with Crippen LogP contribution in [0.15, 0.2) is 66.7 Å². The maximum atomic E-state index is 13.1. The molecule has 0 radical (unpaired) electrons. The molecular formula is C27H28N4O3. The van der Waals surface area contributed by atoms with Crippen LogP contribution in [0.1, 0.15) is 29.8 Å². The molecule has 7 nitrogen and oxygen atoms in total. The number of hydrogen-bond acceptors (Lipinski definition) is 4. The van der Waals surface area contributed by atoms with Crippen molar-refractivity contribution in [3.63, 3.8) is 0 Å². The molecule has 0 aromatic heterocycles. The molecule has 0 aliphatic carbocycles. The van der Waals surface area contributed by atoms with E-state index in [9.17, 15) is 14.4 Å². The van der Waals surface area contributed by atoms with Crippen LogP contribution in [0.3, 0.4) is 0 Å². The minimum Gasteiger partial charge on any atom is -0.368 e. The number of nitrogens with one attached hydrogen (secondary N) is 2. The van der Waals surface area contributed by atoms with Crippen LogP contribution in [0.4, 0.5) is 10.5 Å². The van der Waals surface area contributed by atoms with Gasteiger partial charge in [-0.05, 0) is 46.5 Å². The Morgan fingerprint density at radius 1 is 0.882 bits per heavy atom. The lowest BCUT2D eigenvalue weighted by Crippen LogP contribution is -2.49. The van der Waals surface area contributed by atoms with Gasteiger partial charge in [-0.1, -0.05) is 56.3 Å². The molecule has 2 saturated heterocycles. The number of nitrogens with zero attached hydrogens (tertiary/aromatic N) is 2. The molecule has 0 spiro atoms. The van der Waals surface area contributed by atoms with Crippen molar-refractivity contribution in [1.82, 2.24) is 15.5 Å². The minimum absolute atomic E-state index is 0.0248. The molecular weight excluding hydrogens is 428 g/mol. The average Bonchev–Trinajstić information content (AvgIpc) is 3.18. The first kappa shape index (κ1) is 21.9. The molecule has 3 aromatic rings. The van der Waals surface area contributed by atoms with E-state index in [1.54, 1.807) is 24.3 Å². The zero-order valence-corrected chi connectivity index (χ0v) is 19.4. The van der Waals surface area contributed by atoms with Crippen LogP contribution in [0, 0.1) is 5.92 Å². The molecule has 34 heavy (non-hydrogen) atoms. The Morgan fingerprint density at radius 3 is 2.18 bits per heavy atom. The fraction of sp³-hybridized carbons (Fsp3) is 0.296. The highest BCUT2D eigenvalue weighted by Crippen LogP contribution is 2.33. The van der Waals surface area contributed by atoms with Crippen LogP contribution in [0.25, 0.3) is 10.8 Å². The summed E-state index contributed by atoms with van der Waals surface area (Å²) in [5, 5.41) is 7.54. The summed E-state index contributed by atoms with van der Waals surface area (Å²) in [4.78, 5) is 41.7. The SMILES string of the molecule is CC(C)C1(c2ccc(C(=O)N3CCN(c4ccc5ccccc5c4)CC3)cc2)NC(=O)NC1=O. The predicted molar refractivity (Wildman–Crippen MR) is 132 cm³/mol. The number of carbonyl (C=O) groups is 3. The van der Waals surface area contributed by atoms with E-state index in [4.69, 9.17) is 0 Å². The third-order valence-electron chi connectivity index (χ3n) is 7.01. The van der Waals surface area contributed by atoms with Gasteiger partial charge in [-0.25, -0.2) is 4.79 Å². The van der Waals surface area contributed by atoms with Gasteiger partial charge in [0.25, 0.3) is 11.8 Å². The Balaban J connectivity index is 1.27. The van der Waals surface area contributed by atoms with E-state index in [1.807, 2.05) is 30.9 Å². The molecule has 2 fully saturated rings. The lowest BCUT2D eigenvalue weighted by atomic mass is 9.79. The highest BCUT2D eigenvalue weighted by molar-refractivity contribution is 6.07. The topological polar surface area (TPSA) is 81.8 Å². The Morgan fingerprint density at radius 2 is 1.56 bits per heavy atom. The number of rotatable bonds is 4. The first-order valence-corrected chi connectivity index (χ1v) is 11.7. The lowest BCUT2D eigenvalue weighted by Gasteiger charge is -2.36. The van der Waals surface area contributed by atoms with Crippen LogP contribution in [-0.4, -0.2) is 48.9 Å². The predicted octanol–water partition coefficient (Wildman–Crippen LogP) is 3.49. The number of urea groups is 1. The molecule has 1 unspecified atom stereocenters. The second-order valence-electron chi connectivity index (χ2n) is 9.26. The van der Waals surface area contributed by atoms with Crippen molar-refractivity contribution in [2.24, 2.45) is 5.92 Å². The third-order valence-corrected chi connectivity index (χ3v) is 7.01. The van der Waals surface area contributed by atoms with Crippen molar-refractivity contribution >= 4 is 34.3 Å². The lowest BCUT2D eigenvalue weighted by molar-refractivity contribution is -0.125. The first-order chi connectivity index (χ1) is 16.4. The summed E-state index contributed by atoms with van der Waals surface area (Å²) in [6.07, 6.45) is 0. The summed E-state index contributed by atoms with van der Waals surface area (Å²) in [6.45, 7) is 6.60. The molecule has 4 amide bonds. The molecule has 7 heteroatoms. The molecule has 5 rings (SSSR count). The van der Waals surface area contributed by atoms with Crippen molar-refractivity contribution in [3.05, 3.63) is 77.9 Å². The quantitative estimate of drug-likeness (QED) is 0.589. The molecule has 174 valence electrons. The average molecular weight is 457 g/mol. The van der Waals surface area contributed by atoms with E-state index in [0.717, 1.165) is 13.1 Å². The number of imide groups is 1. The molecule has 2 aliphatic heterocycles. The van der Waals surface area contributed by atoms with Gasteiger partial charge in [0, 0.05) is 37.4 Å². The fourth-order valence-electron chi connectivity index (χ4n) is 5.01. The van der Waals surface area contributed by atoms with Gasteiger partial charge in [0.05, 0.1) is 0 Å². The van der Waals surface area contributed by atoms with Crippen LogP contribution in [0.2, 0.25) is 0 Å². The van der Waals surface area contributed by atoms with Crippen LogP contribution in [-0.2, 0) is 10.3 Å². The summed E-state index contributed by atoms with van der Waals surface area (Å²) in [5.41, 5.74) is 1.30. The maximum Gasteiger partial charge on any atom is 0.322 e. The number of hydrogen-bond donors (Lipinski definition) is 2. The largest absolute Gasteiger partial charge is 0.368 e. The number of piperazine rings is 1. The third kappa shape index (κ3) is 3.67. The standard InChI is InChI=1S/C27H28N4O3/c1-18(2)27(25(33)28-26(34)29-27)22-10-7-20(8-11-22)24(32)31-15-13-30(14-16-31)23-12-9-19-5-3-4-6-21(19)17-23/h3-12,17-18H,13-16H2,1-2H3,(H2,28,29,33,34). The van der Waals surface area contributed by atoms with Gasteiger partial charge in [-0.2, -0.15) is 0 Å². The highest BCUT2D eigenvalue weighted by Gasteiger charge is 2.50. The van der Waals surface area contributed by atoms with Gasteiger partial charge in [-0.3, -0.25) is 14.9 Å². The second-order valence-corrected chi connectivity index (χ2v) is 9.26. The highest BCUT2D eigenvalue weighted by atomic mass is 16.2. The van der Waals surface area contributed by atoms with Crippen molar-refractivity contribution in [2.75, 3.05) is 31.1 Å². The smallest absolute Gasteiger partial charge is 0.322 e. The Labute approximate surface area is 198 Å². The molecule has 0 bridgehead atoms. The molecule has 2 N–H and O–H groups in total. The van der Waals surface area contributed by atoms with Gasteiger partial charge < -0.3 is 15.1 Å². The first-order valence-electron chi connectivity index (χ1n) is 11.7. The maximum absolute atomic E-state index is 13.1. The van der Waals surface area contributed by atoms with E-state index in [2.05, 4.69) is 45.9 Å². The van der Waals surface area contributed by atoms with E-state index in [0.29, 0.717) is 24.2 Å². The normalized spacial score (nSPS) is 20.6. The number of carbonyl (C=O) groups excluding carboxylic acids is 3. The zero-order valence-electron chi connectivity index (χ0n) is 19.4. The van der Waals surface area contributed by atoms with Crippen molar-refractivity contribution in [3.8, 4) is 0 Å². The summed E-state index contributed by atoms with van der Waals surface area (Å²) < 4.78 is 0. The van der Waals surface area contributed by atoms with E-state index in [1.165, 1.54) is 16.5 Å². The van der Waals surface area contributed by atoms with Crippen LogP contribution < -0.4 is 15.5 Å². The van der Waals surface area contributed by atoms with E-state index < -0.39 is 11.6 Å². The summed E-state index contributed by atoms with van der Waals surface area (Å²) in [6, 6.07) is 21.3. The Kier molecular flexibility index (Phi) is 5.48. The van der Waals surface area contributed by atoms with Crippen molar-refractivity contribution in [2.45, 2.75) is 19.4 Å². The van der Waals surface area contributed by atoms with Gasteiger partial charge in [-0.15, -0.1) is 0 Å². The summed E-state index contributed by atoms with van der Waals surface area (Å²) >= 11 is 0. The van der Waals surface area contributed by atoms with Gasteiger partial charge in [0.15, 0.2) is 0 Å². The Bertz CT molecular complexity index is 1260.